The number of benzene rings is 3. The Morgan fingerprint density at radius 3 is 2.08 bits per heavy atom. The fourth-order valence-corrected chi connectivity index (χ4v) is 3.93. The average Bonchev–Trinajstić information content (AvgIpc) is 3.23. The molecule has 4 rings (SSSR count). The van der Waals surface area contributed by atoms with E-state index in [-0.39, 0.29) is 18.2 Å². The number of anilines is 2. The van der Waals surface area contributed by atoms with Gasteiger partial charge in [-0.2, -0.15) is 0 Å². The SMILES string of the molecule is CCOc1cc(NC(=O)c2ccccc2)c(OCC)cc1NC(=O)Cc1coc2cc(C)c(C)cc12. The normalized spacial score (nSPS) is 10.8. The number of amides is 2. The molecule has 186 valence electrons. The van der Waals surface area contributed by atoms with Gasteiger partial charge in [0, 0.05) is 28.6 Å². The standard InChI is InChI=1S/C29H30N2O5/c1-5-34-26-16-24(31-29(33)20-10-8-7-9-11-20)27(35-6-2)15-23(26)30-28(32)14-21-17-36-25-13-19(4)18(3)12-22(21)25/h7-13,15-17H,5-6,14H2,1-4H3,(H,30,32)(H,31,33). The topological polar surface area (TPSA) is 89.8 Å². The van der Waals surface area contributed by atoms with Gasteiger partial charge >= 0.3 is 0 Å². The summed E-state index contributed by atoms with van der Waals surface area (Å²) < 4.78 is 17.2. The smallest absolute Gasteiger partial charge is 0.255 e. The Hall–Kier alpha value is -4.26. The van der Waals surface area contributed by atoms with E-state index in [0.29, 0.717) is 41.7 Å². The molecule has 2 amide bonds. The highest BCUT2D eigenvalue weighted by atomic mass is 16.5. The van der Waals surface area contributed by atoms with E-state index in [4.69, 9.17) is 13.9 Å². The van der Waals surface area contributed by atoms with Crippen LogP contribution in [0.4, 0.5) is 11.4 Å². The Labute approximate surface area is 210 Å². The molecule has 0 unspecified atom stereocenters. The fraction of sp³-hybridized carbons (Fsp3) is 0.241. The first kappa shape index (κ1) is 24.9. The second-order valence-corrected chi connectivity index (χ2v) is 8.45. The number of hydrogen-bond acceptors (Lipinski definition) is 5. The summed E-state index contributed by atoms with van der Waals surface area (Å²) in [6, 6.07) is 16.3. The number of fused-ring (bicyclic) bond motifs is 1. The number of hydrogen-bond donors (Lipinski definition) is 2. The highest BCUT2D eigenvalue weighted by molar-refractivity contribution is 6.05. The first-order valence-electron chi connectivity index (χ1n) is 12.0. The van der Waals surface area contributed by atoms with Crippen LogP contribution in [0.1, 0.15) is 40.9 Å². The van der Waals surface area contributed by atoms with E-state index in [1.807, 2.05) is 45.9 Å². The number of carbonyl (C=O) groups is 2. The number of ether oxygens (including phenoxy) is 2. The van der Waals surface area contributed by atoms with Crippen molar-refractivity contribution in [3.63, 3.8) is 0 Å². The van der Waals surface area contributed by atoms with Crippen molar-refractivity contribution in [2.24, 2.45) is 0 Å². The summed E-state index contributed by atoms with van der Waals surface area (Å²) in [5.41, 5.74) is 5.28. The molecule has 0 saturated carbocycles. The molecular formula is C29H30N2O5. The first-order chi connectivity index (χ1) is 17.4. The van der Waals surface area contributed by atoms with Crippen LogP contribution in [0.3, 0.4) is 0 Å². The number of aryl methyl sites for hydroxylation is 2. The first-order valence-corrected chi connectivity index (χ1v) is 12.0. The van der Waals surface area contributed by atoms with Crippen LogP contribution in [0.5, 0.6) is 11.5 Å². The van der Waals surface area contributed by atoms with Gasteiger partial charge in [-0.3, -0.25) is 9.59 Å². The highest BCUT2D eigenvalue weighted by Crippen LogP contribution is 2.37. The zero-order valence-corrected chi connectivity index (χ0v) is 20.9. The number of nitrogens with one attached hydrogen (secondary N) is 2. The van der Waals surface area contributed by atoms with E-state index in [1.54, 1.807) is 42.7 Å². The molecule has 4 aromatic rings. The Bertz CT molecular complexity index is 1390. The minimum atomic E-state index is -0.270. The third kappa shape index (κ3) is 5.51. The van der Waals surface area contributed by atoms with E-state index >= 15 is 0 Å². The van der Waals surface area contributed by atoms with E-state index in [9.17, 15) is 9.59 Å². The van der Waals surface area contributed by atoms with Crippen molar-refractivity contribution in [1.82, 2.24) is 0 Å². The molecule has 3 aromatic carbocycles. The zero-order valence-electron chi connectivity index (χ0n) is 20.9. The lowest BCUT2D eigenvalue weighted by Crippen LogP contribution is -2.17. The van der Waals surface area contributed by atoms with E-state index in [1.165, 1.54) is 0 Å². The molecule has 0 spiro atoms. The van der Waals surface area contributed by atoms with Gasteiger partial charge in [0.25, 0.3) is 5.91 Å². The van der Waals surface area contributed by atoms with Gasteiger partial charge in [-0.25, -0.2) is 0 Å². The van der Waals surface area contributed by atoms with Crippen LogP contribution < -0.4 is 20.1 Å². The van der Waals surface area contributed by atoms with Crippen molar-refractivity contribution in [2.45, 2.75) is 34.1 Å². The fourth-order valence-electron chi connectivity index (χ4n) is 3.93. The van der Waals surface area contributed by atoms with Gasteiger partial charge in [0.1, 0.15) is 17.1 Å². The van der Waals surface area contributed by atoms with Crippen molar-refractivity contribution >= 4 is 34.2 Å². The molecule has 0 bridgehead atoms. The molecule has 1 aromatic heterocycles. The molecule has 0 radical (unpaired) electrons. The highest BCUT2D eigenvalue weighted by Gasteiger charge is 2.18. The van der Waals surface area contributed by atoms with Gasteiger partial charge < -0.3 is 24.5 Å². The molecule has 0 aliphatic rings. The van der Waals surface area contributed by atoms with Crippen LogP contribution in [-0.2, 0) is 11.2 Å². The van der Waals surface area contributed by atoms with E-state index < -0.39 is 0 Å². The second-order valence-electron chi connectivity index (χ2n) is 8.45. The summed E-state index contributed by atoms with van der Waals surface area (Å²) in [6.45, 7) is 8.54. The Morgan fingerprint density at radius 2 is 1.44 bits per heavy atom. The van der Waals surface area contributed by atoms with Gasteiger partial charge in [0.2, 0.25) is 5.91 Å². The molecule has 2 N–H and O–H groups in total. The third-order valence-electron chi connectivity index (χ3n) is 5.86. The molecular weight excluding hydrogens is 456 g/mol. The predicted molar refractivity (Wildman–Crippen MR) is 141 cm³/mol. The predicted octanol–water partition coefficient (Wildman–Crippen LogP) is 6.28. The van der Waals surface area contributed by atoms with E-state index in [0.717, 1.165) is 27.7 Å². The Morgan fingerprint density at radius 1 is 0.833 bits per heavy atom. The minimum absolute atomic E-state index is 0.136. The van der Waals surface area contributed by atoms with Gasteiger partial charge in [-0.15, -0.1) is 0 Å². The average molecular weight is 487 g/mol. The molecule has 0 aliphatic heterocycles. The maximum atomic E-state index is 13.0. The van der Waals surface area contributed by atoms with E-state index in [2.05, 4.69) is 10.6 Å². The largest absolute Gasteiger partial charge is 0.492 e. The number of rotatable bonds is 9. The molecule has 7 heteroatoms. The van der Waals surface area contributed by atoms with Crippen LogP contribution in [0.15, 0.2) is 65.3 Å². The molecule has 0 fully saturated rings. The van der Waals surface area contributed by atoms with Gasteiger partial charge in [0.15, 0.2) is 0 Å². The lowest BCUT2D eigenvalue weighted by molar-refractivity contribution is -0.115. The summed E-state index contributed by atoms with van der Waals surface area (Å²) in [7, 11) is 0. The molecule has 7 nitrogen and oxygen atoms in total. The summed E-state index contributed by atoms with van der Waals surface area (Å²) in [5.74, 6) is 0.370. The summed E-state index contributed by atoms with van der Waals surface area (Å²) in [6.07, 6.45) is 1.76. The van der Waals surface area contributed by atoms with Crippen LogP contribution in [-0.4, -0.2) is 25.0 Å². The molecule has 0 atom stereocenters. The van der Waals surface area contributed by atoms with Crippen LogP contribution in [0, 0.1) is 13.8 Å². The van der Waals surface area contributed by atoms with Crippen LogP contribution >= 0.6 is 0 Å². The summed E-state index contributed by atoms with van der Waals surface area (Å²) >= 11 is 0. The monoisotopic (exact) mass is 486 g/mol. The van der Waals surface area contributed by atoms with Gasteiger partial charge in [-0.1, -0.05) is 18.2 Å². The minimum Gasteiger partial charge on any atom is -0.492 e. The number of carbonyl (C=O) groups excluding carboxylic acids is 2. The summed E-state index contributed by atoms with van der Waals surface area (Å²) in [4.78, 5) is 25.8. The van der Waals surface area contributed by atoms with Crippen molar-refractivity contribution in [3.8, 4) is 11.5 Å². The van der Waals surface area contributed by atoms with Crippen molar-refractivity contribution in [3.05, 3.63) is 83.1 Å². The quantitative estimate of drug-likeness (QED) is 0.291. The second kappa shape index (κ2) is 11.0. The van der Waals surface area contributed by atoms with Gasteiger partial charge in [0.05, 0.1) is 37.3 Å². The maximum absolute atomic E-state index is 13.0. The zero-order chi connectivity index (χ0) is 25.7. The third-order valence-corrected chi connectivity index (χ3v) is 5.86. The molecule has 1 heterocycles. The van der Waals surface area contributed by atoms with Crippen molar-refractivity contribution in [1.29, 1.82) is 0 Å². The maximum Gasteiger partial charge on any atom is 0.255 e. The molecule has 36 heavy (non-hydrogen) atoms. The van der Waals surface area contributed by atoms with Gasteiger partial charge in [-0.05, 0) is 63.1 Å². The molecule has 0 aliphatic carbocycles. The Balaban J connectivity index is 1.59. The van der Waals surface area contributed by atoms with Crippen molar-refractivity contribution in [2.75, 3.05) is 23.8 Å². The van der Waals surface area contributed by atoms with Crippen molar-refractivity contribution < 1.29 is 23.5 Å². The lowest BCUT2D eigenvalue weighted by atomic mass is 10.0. The number of furan rings is 1. The molecule has 0 saturated heterocycles. The Kier molecular flexibility index (Phi) is 7.59. The van der Waals surface area contributed by atoms with Crippen LogP contribution in [0.2, 0.25) is 0 Å². The summed E-state index contributed by atoms with van der Waals surface area (Å²) in [5, 5.41) is 6.75. The lowest BCUT2D eigenvalue weighted by Gasteiger charge is -2.18. The van der Waals surface area contributed by atoms with Crippen LogP contribution in [0.25, 0.3) is 11.0 Å².